The second kappa shape index (κ2) is 6.40. The summed E-state index contributed by atoms with van der Waals surface area (Å²) < 4.78 is 12.7. The Bertz CT molecular complexity index is 553. The van der Waals surface area contributed by atoms with E-state index in [1.165, 1.54) is 23.5 Å². The van der Waals surface area contributed by atoms with Crippen LogP contribution in [0.4, 0.5) is 4.39 Å². The second-order valence-electron chi connectivity index (χ2n) is 4.02. The molecule has 2 rings (SSSR count). The van der Waals surface area contributed by atoms with Crippen LogP contribution in [0.3, 0.4) is 0 Å². The summed E-state index contributed by atoms with van der Waals surface area (Å²) in [5.74, 6) is -0.398. The number of nitrogens with one attached hydrogen (secondary N) is 1. The minimum Gasteiger partial charge on any atom is -0.352 e. The van der Waals surface area contributed by atoms with E-state index in [4.69, 9.17) is 5.73 Å². The van der Waals surface area contributed by atoms with Crippen LogP contribution in [0.2, 0.25) is 0 Å². The van der Waals surface area contributed by atoms with E-state index >= 15 is 0 Å². The number of amides is 1. The average Bonchev–Trinajstić information content (AvgIpc) is 2.86. The van der Waals surface area contributed by atoms with Gasteiger partial charge in [0.15, 0.2) is 0 Å². The highest BCUT2D eigenvalue weighted by Gasteiger charge is 2.07. The molecule has 2 aromatic rings. The molecule has 0 saturated carbocycles. The van der Waals surface area contributed by atoms with Gasteiger partial charge in [-0.2, -0.15) is 0 Å². The van der Waals surface area contributed by atoms with Gasteiger partial charge in [-0.25, -0.2) is 9.37 Å². The van der Waals surface area contributed by atoms with Crippen LogP contribution >= 0.6 is 11.3 Å². The van der Waals surface area contributed by atoms with Crippen LogP contribution in [0.15, 0.2) is 29.6 Å². The molecule has 0 spiro atoms. The summed E-state index contributed by atoms with van der Waals surface area (Å²) in [4.78, 5) is 15.9. The van der Waals surface area contributed by atoms with Gasteiger partial charge in [0.1, 0.15) is 10.8 Å². The predicted octanol–water partition coefficient (Wildman–Crippen LogP) is 1.60. The Hall–Kier alpha value is -1.79. The number of nitrogens with zero attached hydrogens (tertiary/aromatic N) is 1. The monoisotopic (exact) mass is 279 g/mol. The van der Waals surface area contributed by atoms with Crippen molar-refractivity contribution in [2.75, 3.05) is 0 Å². The fourth-order valence-corrected chi connectivity index (χ4v) is 2.23. The maximum absolute atomic E-state index is 12.7. The van der Waals surface area contributed by atoms with Crippen LogP contribution in [-0.4, -0.2) is 10.9 Å². The van der Waals surface area contributed by atoms with Crippen LogP contribution < -0.4 is 11.1 Å². The number of benzene rings is 1. The molecule has 0 aliphatic heterocycles. The number of hydrogen-bond donors (Lipinski definition) is 2. The van der Waals surface area contributed by atoms with Gasteiger partial charge < -0.3 is 11.1 Å². The Kier molecular flexibility index (Phi) is 4.59. The second-order valence-corrected chi connectivity index (χ2v) is 4.96. The molecule has 0 atom stereocenters. The maximum Gasteiger partial charge on any atom is 0.226 e. The van der Waals surface area contributed by atoms with Crippen molar-refractivity contribution in [2.24, 2.45) is 5.73 Å². The molecule has 1 aromatic heterocycles. The normalized spacial score (nSPS) is 10.4. The van der Waals surface area contributed by atoms with Crippen LogP contribution in [-0.2, 0) is 24.3 Å². The SMILES string of the molecule is NCc1nc(CC(=O)NCc2ccc(F)cc2)cs1. The first kappa shape index (κ1) is 13.6. The highest BCUT2D eigenvalue weighted by atomic mass is 32.1. The molecule has 4 nitrogen and oxygen atoms in total. The third kappa shape index (κ3) is 4.11. The molecule has 1 aromatic carbocycles. The van der Waals surface area contributed by atoms with Gasteiger partial charge in [0.2, 0.25) is 5.91 Å². The molecule has 0 aliphatic rings. The Morgan fingerprint density at radius 3 is 2.74 bits per heavy atom. The summed E-state index contributed by atoms with van der Waals surface area (Å²) in [6, 6.07) is 6.03. The van der Waals surface area contributed by atoms with Gasteiger partial charge >= 0.3 is 0 Å². The third-order valence-corrected chi connectivity index (χ3v) is 3.44. The van der Waals surface area contributed by atoms with Crippen molar-refractivity contribution in [3.63, 3.8) is 0 Å². The zero-order valence-corrected chi connectivity index (χ0v) is 11.0. The smallest absolute Gasteiger partial charge is 0.226 e. The van der Waals surface area contributed by atoms with E-state index in [1.807, 2.05) is 5.38 Å². The number of hydrogen-bond acceptors (Lipinski definition) is 4. The number of rotatable bonds is 5. The molecule has 0 radical (unpaired) electrons. The lowest BCUT2D eigenvalue weighted by Crippen LogP contribution is -2.24. The largest absolute Gasteiger partial charge is 0.352 e. The summed E-state index contributed by atoms with van der Waals surface area (Å²) in [6.07, 6.45) is 0.234. The van der Waals surface area contributed by atoms with Gasteiger partial charge in [-0.05, 0) is 17.7 Å². The van der Waals surface area contributed by atoms with Crippen LogP contribution in [0.25, 0.3) is 0 Å². The Labute approximate surface area is 114 Å². The molecular formula is C13H14FN3OS. The standard InChI is InChI=1S/C13H14FN3OS/c14-10-3-1-9(2-4-10)7-16-12(18)5-11-8-19-13(6-15)17-11/h1-4,8H,5-7,15H2,(H,16,18). The Morgan fingerprint density at radius 2 is 2.11 bits per heavy atom. The van der Waals surface area contributed by atoms with Gasteiger partial charge in [-0.3, -0.25) is 4.79 Å². The van der Waals surface area contributed by atoms with Crippen molar-refractivity contribution < 1.29 is 9.18 Å². The average molecular weight is 279 g/mol. The maximum atomic E-state index is 12.7. The molecule has 0 unspecified atom stereocenters. The highest BCUT2D eigenvalue weighted by molar-refractivity contribution is 7.09. The van der Waals surface area contributed by atoms with E-state index in [1.54, 1.807) is 12.1 Å². The number of thiazole rings is 1. The fourth-order valence-electron chi connectivity index (χ4n) is 1.55. The first-order chi connectivity index (χ1) is 9.17. The minimum atomic E-state index is -0.285. The topological polar surface area (TPSA) is 68.0 Å². The van der Waals surface area contributed by atoms with E-state index in [2.05, 4.69) is 10.3 Å². The summed E-state index contributed by atoms with van der Waals surface area (Å²) in [7, 11) is 0. The summed E-state index contributed by atoms with van der Waals surface area (Å²) in [6.45, 7) is 0.773. The Balaban J connectivity index is 1.82. The van der Waals surface area contributed by atoms with Crippen molar-refractivity contribution in [1.82, 2.24) is 10.3 Å². The molecule has 1 heterocycles. The number of aromatic nitrogens is 1. The molecular weight excluding hydrogens is 265 g/mol. The number of carbonyl (C=O) groups excluding carboxylic acids is 1. The Morgan fingerprint density at radius 1 is 1.37 bits per heavy atom. The van der Waals surface area contributed by atoms with Gasteiger partial charge in [0.25, 0.3) is 0 Å². The quantitative estimate of drug-likeness (QED) is 0.873. The van der Waals surface area contributed by atoms with Crippen molar-refractivity contribution >= 4 is 17.2 Å². The van der Waals surface area contributed by atoms with Gasteiger partial charge in [0.05, 0.1) is 12.1 Å². The van der Waals surface area contributed by atoms with Crippen LogP contribution in [0.1, 0.15) is 16.3 Å². The number of carbonyl (C=O) groups is 1. The molecule has 0 aliphatic carbocycles. The molecule has 1 amide bonds. The number of halogens is 1. The molecule has 0 bridgehead atoms. The van der Waals surface area contributed by atoms with E-state index in [0.717, 1.165) is 16.3 Å². The summed E-state index contributed by atoms with van der Waals surface area (Å²) in [5, 5.41) is 5.42. The lowest BCUT2D eigenvalue weighted by atomic mass is 10.2. The number of nitrogens with two attached hydrogens (primary N) is 1. The summed E-state index contributed by atoms with van der Waals surface area (Å²) >= 11 is 1.45. The van der Waals surface area contributed by atoms with Crippen molar-refractivity contribution in [3.8, 4) is 0 Å². The van der Waals surface area contributed by atoms with Crippen molar-refractivity contribution in [2.45, 2.75) is 19.5 Å². The van der Waals surface area contributed by atoms with Crippen LogP contribution in [0, 0.1) is 5.82 Å². The van der Waals surface area contributed by atoms with E-state index < -0.39 is 0 Å². The highest BCUT2D eigenvalue weighted by Crippen LogP contribution is 2.09. The summed E-state index contributed by atoms with van der Waals surface area (Å²) in [5.41, 5.74) is 7.04. The van der Waals surface area contributed by atoms with E-state index in [0.29, 0.717) is 13.1 Å². The lowest BCUT2D eigenvalue weighted by molar-refractivity contribution is -0.120. The van der Waals surface area contributed by atoms with Crippen molar-refractivity contribution in [3.05, 3.63) is 51.7 Å². The zero-order valence-electron chi connectivity index (χ0n) is 10.2. The van der Waals surface area contributed by atoms with E-state index in [9.17, 15) is 9.18 Å². The lowest BCUT2D eigenvalue weighted by Gasteiger charge is -2.04. The predicted molar refractivity (Wildman–Crippen MR) is 72.0 cm³/mol. The zero-order chi connectivity index (χ0) is 13.7. The molecule has 100 valence electrons. The molecule has 0 saturated heterocycles. The van der Waals surface area contributed by atoms with Gasteiger partial charge in [-0.15, -0.1) is 11.3 Å². The molecule has 0 fully saturated rings. The van der Waals surface area contributed by atoms with Crippen molar-refractivity contribution in [1.29, 1.82) is 0 Å². The fraction of sp³-hybridized carbons (Fsp3) is 0.231. The van der Waals surface area contributed by atoms with Gasteiger partial charge in [0, 0.05) is 18.5 Å². The first-order valence-electron chi connectivity index (χ1n) is 5.82. The van der Waals surface area contributed by atoms with Crippen LogP contribution in [0.5, 0.6) is 0 Å². The van der Waals surface area contributed by atoms with E-state index in [-0.39, 0.29) is 18.1 Å². The molecule has 3 N–H and O–H groups in total. The van der Waals surface area contributed by atoms with Gasteiger partial charge in [-0.1, -0.05) is 12.1 Å². The molecule has 6 heteroatoms. The third-order valence-electron chi connectivity index (χ3n) is 2.52. The first-order valence-corrected chi connectivity index (χ1v) is 6.70. The minimum absolute atomic E-state index is 0.113. The molecule has 19 heavy (non-hydrogen) atoms.